The van der Waals surface area contributed by atoms with Crippen molar-refractivity contribution >= 4 is 5.52 Å². The van der Waals surface area contributed by atoms with Gasteiger partial charge in [-0.1, -0.05) is 30.3 Å². The van der Waals surface area contributed by atoms with Crippen LogP contribution in [0.3, 0.4) is 0 Å². The summed E-state index contributed by atoms with van der Waals surface area (Å²) in [7, 11) is 1.95. The number of aryl methyl sites for hydroxylation is 1. The molecule has 0 unspecified atom stereocenters. The monoisotopic (exact) mass is 251 g/mol. The maximum atomic E-state index is 4.81. The van der Waals surface area contributed by atoms with Crippen molar-refractivity contribution in [2.24, 2.45) is 0 Å². The fraction of sp³-hybridized carbons (Fsp3) is 0.188. The lowest BCUT2D eigenvalue weighted by Crippen LogP contribution is -2.05. The molecule has 0 saturated carbocycles. The van der Waals surface area contributed by atoms with Crippen LogP contribution in [-0.4, -0.2) is 16.4 Å². The van der Waals surface area contributed by atoms with E-state index in [4.69, 9.17) is 4.98 Å². The smallest absolute Gasteiger partial charge is 0.145 e. The van der Waals surface area contributed by atoms with Crippen molar-refractivity contribution in [3.8, 4) is 11.4 Å². The number of nitrogens with zero attached hydrogens (tertiary/aromatic N) is 2. The van der Waals surface area contributed by atoms with E-state index in [1.165, 1.54) is 11.1 Å². The molecule has 0 amide bonds. The first-order valence-corrected chi connectivity index (χ1v) is 6.48. The van der Waals surface area contributed by atoms with Gasteiger partial charge in [-0.25, -0.2) is 4.98 Å². The number of rotatable bonds is 3. The summed E-state index contributed by atoms with van der Waals surface area (Å²) in [5.41, 5.74) is 4.68. The first-order chi connectivity index (χ1) is 9.31. The zero-order chi connectivity index (χ0) is 13.2. The largest absolute Gasteiger partial charge is 0.314 e. The van der Waals surface area contributed by atoms with E-state index in [0.29, 0.717) is 0 Å². The third kappa shape index (κ3) is 2.02. The van der Waals surface area contributed by atoms with Gasteiger partial charge in [-0.3, -0.25) is 4.40 Å². The lowest BCUT2D eigenvalue weighted by molar-refractivity contribution is 0.803. The van der Waals surface area contributed by atoms with Gasteiger partial charge in [0.1, 0.15) is 5.82 Å². The Hall–Kier alpha value is -2.13. The third-order valence-electron chi connectivity index (χ3n) is 3.35. The van der Waals surface area contributed by atoms with Crippen LogP contribution in [0.5, 0.6) is 0 Å². The summed E-state index contributed by atoms with van der Waals surface area (Å²) in [5.74, 6) is 1.01. The predicted octanol–water partition coefficient (Wildman–Crippen LogP) is 3.03. The Morgan fingerprint density at radius 3 is 2.68 bits per heavy atom. The molecule has 3 aromatic rings. The van der Waals surface area contributed by atoms with Gasteiger partial charge in [-0.2, -0.15) is 0 Å². The third-order valence-corrected chi connectivity index (χ3v) is 3.35. The lowest BCUT2D eigenvalue weighted by atomic mass is 10.1. The summed E-state index contributed by atoms with van der Waals surface area (Å²) in [6.07, 6.45) is 2.07. The number of aromatic nitrogens is 2. The maximum Gasteiger partial charge on any atom is 0.145 e. The fourth-order valence-electron chi connectivity index (χ4n) is 2.41. The van der Waals surface area contributed by atoms with Crippen LogP contribution in [-0.2, 0) is 6.54 Å². The number of benzene rings is 1. The highest BCUT2D eigenvalue weighted by molar-refractivity contribution is 5.67. The number of hydrogen-bond donors (Lipinski definition) is 1. The topological polar surface area (TPSA) is 29.3 Å². The Morgan fingerprint density at radius 2 is 1.89 bits per heavy atom. The molecular formula is C16H17N3. The van der Waals surface area contributed by atoms with Gasteiger partial charge in [-0.05, 0) is 31.7 Å². The van der Waals surface area contributed by atoms with Crippen LogP contribution in [0, 0.1) is 6.92 Å². The van der Waals surface area contributed by atoms with Gasteiger partial charge in [0.25, 0.3) is 0 Å². The van der Waals surface area contributed by atoms with Crippen molar-refractivity contribution < 1.29 is 0 Å². The Bertz CT molecular complexity index is 713. The molecule has 0 fully saturated rings. The quantitative estimate of drug-likeness (QED) is 0.775. The van der Waals surface area contributed by atoms with E-state index in [0.717, 1.165) is 23.6 Å². The van der Waals surface area contributed by atoms with E-state index in [2.05, 4.69) is 59.2 Å². The molecule has 96 valence electrons. The standard InChI is InChI=1S/C16H17N3/c1-12-7-3-4-8-13(12)16-18-14(11-17-2)15-9-5-6-10-19(15)16/h3-10,17H,11H2,1-2H3. The summed E-state index contributed by atoms with van der Waals surface area (Å²) < 4.78 is 2.16. The highest BCUT2D eigenvalue weighted by Gasteiger charge is 2.12. The number of imidazole rings is 1. The average molecular weight is 251 g/mol. The second-order valence-electron chi connectivity index (χ2n) is 4.68. The number of pyridine rings is 1. The van der Waals surface area contributed by atoms with Crippen molar-refractivity contribution in [1.29, 1.82) is 0 Å². The van der Waals surface area contributed by atoms with Crippen LogP contribution < -0.4 is 5.32 Å². The number of fused-ring (bicyclic) bond motifs is 1. The molecular weight excluding hydrogens is 234 g/mol. The molecule has 0 aliphatic carbocycles. The molecule has 1 aromatic carbocycles. The lowest BCUT2D eigenvalue weighted by Gasteiger charge is -2.04. The molecule has 0 aliphatic rings. The van der Waals surface area contributed by atoms with E-state index < -0.39 is 0 Å². The summed E-state index contributed by atoms with van der Waals surface area (Å²) in [5, 5.41) is 3.18. The van der Waals surface area contributed by atoms with Crippen LogP contribution in [0.1, 0.15) is 11.3 Å². The van der Waals surface area contributed by atoms with Gasteiger partial charge in [-0.15, -0.1) is 0 Å². The fourth-order valence-corrected chi connectivity index (χ4v) is 2.41. The highest BCUT2D eigenvalue weighted by Crippen LogP contribution is 2.25. The van der Waals surface area contributed by atoms with Gasteiger partial charge in [0.05, 0.1) is 11.2 Å². The van der Waals surface area contributed by atoms with E-state index in [9.17, 15) is 0 Å². The molecule has 0 aliphatic heterocycles. The summed E-state index contributed by atoms with van der Waals surface area (Å²) in [4.78, 5) is 4.81. The Balaban J connectivity index is 2.27. The van der Waals surface area contributed by atoms with Crippen molar-refractivity contribution in [3.05, 3.63) is 59.9 Å². The zero-order valence-corrected chi connectivity index (χ0v) is 11.2. The molecule has 3 rings (SSSR count). The van der Waals surface area contributed by atoms with Crippen LogP contribution in [0.15, 0.2) is 48.7 Å². The van der Waals surface area contributed by atoms with Gasteiger partial charge < -0.3 is 5.32 Å². The Morgan fingerprint density at radius 1 is 1.11 bits per heavy atom. The molecule has 1 N–H and O–H groups in total. The maximum absolute atomic E-state index is 4.81. The molecule has 2 heterocycles. The van der Waals surface area contributed by atoms with Crippen molar-refractivity contribution in [3.63, 3.8) is 0 Å². The number of hydrogen-bond acceptors (Lipinski definition) is 2. The summed E-state index contributed by atoms with van der Waals surface area (Å²) >= 11 is 0. The molecule has 0 spiro atoms. The van der Waals surface area contributed by atoms with Crippen molar-refractivity contribution in [1.82, 2.24) is 14.7 Å². The van der Waals surface area contributed by atoms with E-state index in [1.54, 1.807) is 0 Å². The molecule has 3 heteroatoms. The molecule has 19 heavy (non-hydrogen) atoms. The second kappa shape index (κ2) is 4.86. The number of nitrogens with one attached hydrogen (secondary N) is 1. The van der Waals surface area contributed by atoms with Crippen LogP contribution >= 0.6 is 0 Å². The summed E-state index contributed by atoms with van der Waals surface area (Å²) in [6, 6.07) is 14.6. The van der Waals surface area contributed by atoms with E-state index >= 15 is 0 Å². The Kier molecular flexibility index (Phi) is 3.05. The minimum atomic E-state index is 0.777. The van der Waals surface area contributed by atoms with Crippen LogP contribution in [0.4, 0.5) is 0 Å². The predicted molar refractivity (Wildman–Crippen MR) is 78.1 cm³/mol. The zero-order valence-electron chi connectivity index (χ0n) is 11.2. The highest BCUT2D eigenvalue weighted by atomic mass is 15.0. The molecule has 0 bridgehead atoms. The minimum Gasteiger partial charge on any atom is -0.314 e. The van der Waals surface area contributed by atoms with E-state index in [-0.39, 0.29) is 0 Å². The van der Waals surface area contributed by atoms with Gasteiger partial charge in [0, 0.05) is 18.3 Å². The minimum absolute atomic E-state index is 0.777. The van der Waals surface area contributed by atoms with Gasteiger partial charge in [0.15, 0.2) is 0 Å². The van der Waals surface area contributed by atoms with Crippen molar-refractivity contribution in [2.75, 3.05) is 7.05 Å². The van der Waals surface area contributed by atoms with E-state index in [1.807, 2.05) is 13.1 Å². The SMILES string of the molecule is CNCc1nc(-c2ccccc2C)n2ccccc12. The van der Waals surface area contributed by atoms with Crippen LogP contribution in [0.25, 0.3) is 16.9 Å². The molecule has 3 nitrogen and oxygen atoms in total. The second-order valence-corrected chi connectivity index (χ2v) is 4.68. The molecule has 0 saturated heterocycles. The van der Waals surface area contributed by atoms with Gasteiger partial charge >= 0.3 is 0 Å². The van der Waals surface area contributed by atoms with Crippen LogP contribution in [0.2, 0.25) is 0 Å². The first kappa shape index (κ1) is 11.9. The Labute approximate surface area is 112 Å². The first-order valence-electron chi connectivity index (χ1n) is 6.48. The normalized spacial score (nSPS) is 11.1. The molecule has 0 atom stereocenters. The molecule has 2 aromatic heterocycles. The average Bonchev–Trinajstić information content (AvgIpc) is 2.79. The van der Waals surface area contributed by atoms with Crippen molar-refractivity contribution in [2.45, 2.75) is 13.5 Å². The molecule has 0 radical (unpaired) electrons. The summed E-state index contributed by atoms with van der Waals surface area (Å²) in [6.45, 7) is 2.90. The van der Waals surface area contributed by atoms with Gasteiger partial charge in [0.2, 0.25) is 0 Å².